The zero-order chi connectivity index (χ0) is 24.5. The minimum Gasteiger partial charge on any atom is -0.469 e. The number of pyridine rings is 1. The molecule has 2 aromatic heterocycles. The maximum Gasteiger partial charge on any atom is 0.534 e. The first-order chi connectivity index (χ1) is 14.5. The van der Waals surface area contributed by atoms with Gasteiger partial charge in [-0.2, -0.15) is 26.7 Å². The molecule has 0 aliphatic carbocycles. The number of hydrogen-bond donors (Lipinski definition) is 1. The van der Waals surface area contributed by atoms with Crippen molar-refractivity contribution in [3.8, 4) is 5.75 Å². The molecule has 0 atom stereocenters. The summed E-state index contributed by atoms with van der Waals surface area (Å²) in [6.07, 6.45) is 1.00. The fourth-order valence-corrected chi connectivity index (χ4v) is 3.13. The van der Waals surface area contributed by atoms with Gasteiger partial charge in [-0.15, -0.1) is 0 Å². The fourth-order valence-electron chi connectivity index (χ4n) is 2.64. The molecule has 0 fully saturated rings. The summed E-state index contributed by atoms with van der Waals surface area (Å²) in [5.74, 6) is -1.37. The number of alkyl halides is 3. The lowest BCUT2D eigenvalue weighted by Gasteiger charge is -2.16. The van der Waals surface area contributed by atoms with Gasteiger partial charge in [0.25, 0.3) is 0 Å². The SMILES string of the molecule is CC(C)(C)O.COC(=O)Cc1c(C)cn2nc3ccccc3c2c1OS(=O)(=O)C(F)(F)F. The summed E-state index contributed by atoms with van der Waals surface area (Å²) in [4.78, 5) is 11.7. The van der Waals surface area contributed by atoms with Crippen molar-refractivity contribution < 1.29 is 40.4 Å². The lowest BCUT2D eigenvalue weighted by atomic mass is 10.1. The third kappa shape index (κ3) is 5.88. The van der Waals surface area contributed by atoms with Crippen LogP contribution in [0.4, 0.5) is 13.2 Å². The minimum atomic E-state index is -5.96. The zero-order valence-electron chi connectivity index (χ0n) is 18.0. The molecule has 176 valence electrons. The molecule has 0 aliphatic heterocycles. The molecule has 0 saturated carbocycles. The highest BCUT2D eigenvalue weighted by Crippen LogP contribution is 2.37. The number of halogens is 3. The second kappa shape index (κ2) is 8.94. The Morgan fingerprint density at radius 3 is 2.28 bits per heavy atom. The number of carbonyl (C=O) groups is 1. The maximum atomic E-state index is 12.9. The second-order valence-corrected chi connectivity index (χ2v) is 9.37. The maximum absolute atomic E-state index is 12.9. The van der Waals surface area contributed by atoms with Crippen molar-refractivity contribution in [3.63, 3.8) is 0 Å². The van der Waals surface area contributed by atoms with E-state index in [9.17, 15) is 26.4 Å². The largest absolute Gasteiger partial charge is 0.534 e. The van der Waals surface area contributed by atoms with Gasteiger partial charge < -0.3 is 14.0 Å². The van der Waals surface area contributed by atoms with Crippen molar-refractivity contribution in [1.29, 1.82) is 0 Å². The number of aryl methyl sites for hydroxylation is 1. The van der Waals surface area contributed by atoms with Crippen LogP contribution in [0.2, 0.25) is 0 Å². The number of ether oxygens (including phenoxy) is 1. The summed E-state index contributed by atoms with van der Waals surface area (Å²) in [6, 6.07) is 6.46. The number of esters is 1. The summed E-state index contributed by atoms with van der Waals surface area (Å²) in [7, 11) is -4.86. The van der Waals surface area contributed by atoms with E-state index in [0.29, 0.717) is 16.5 Å². The Kier molecular flexibility index (Phi) is 7.10. The molecule has 0 unspecified atom stereocenters. The molecule has 0 saturated heterocycles. The highest BCUT2D eigenvalue weighted by molar-refractivity contribution is 7.88. The van der Waals surface area contributed by atoms with Gasteiger partial charge in [0, 0.05) is 17.1 Å². The molecule has 3 rings (SSSR count). The molecule has 0 spiro atoms. The standard InChI is InChI=1S/C16H13F3N2O5S.C4H10O/c1-9-8-21-14(10-5-3-4-6-12(10)20-21)15(11(9)7-13(22)25-2)26-27(23,24)16(17,18)19;1-4(2,3)5/h3-6,8H,7H2,1-2H3;5H,1-3H3. The van der Waals surface area contributed by atoms with Crippen LogP contribution in [0.25, 0.3) is 16.4 Å². The molecule has 32 heavy (non-hydrogen) atoms. The molecular weight excluding hydrogens is 453 g/mol. The highest BCUT2D eigenvalue weighted by atomic mass is 32.2. The first kappa shape index (κ1) is 25.4. The Morgan fingerprint density at radius 1 is 1.19 bits per heavy atom. The molecule has 2 heterocycles. The van der Waals surface area contributed by atoms with Gasteiger partial charge >= 0.3 is 21.6 Å². The number of aromatic nitrogens is 2. The summed E-state index contributed by atoms with van der Waals surface area (Å²) in [5.41, 5.74) is -5.43. The van der Waals surface area contributed by atoms with Crippen molar-refractivity contribution in [2.75, 3.05) is 7.11 Å². The van der Waals surface area contributed by atoms with E-state index in [0.717, 1.165) is 7.11 Å². The molecule has 0 radical (unpaired) electrons. The van der Waals surface area contributed by atoms with Crippen LogP contribution in [0.15, 0.2) is 30.5 Å². The monoisotopic (exact) mass is 476 g/mol. The predicted octanol–water partition coefficient (Wildman–Crippen LogP) is 3.52. The highest BCUT2D eigenvalue weighted by Gasteiger charge is 2.49. The number of nitrogens with zero attached hydrogens (tertiary/aromatic N) is 2. The van der Waals surface area contributed by atoms with E-state index in [1.54, 1.807) is 45.0 Å². The summed E-state index contributed by atoms with van der Waals surface area (Å²) in [5, 5.41) is 13.1. The number of rotatable bonds is 4. The van der Waals surface area contributed by atoms with Crippen LogP contribution in [-0.2, 0) is 26.1 Å². The average molecular weight is 476 g/mol. The van der Waals surface area contributed by atoms with E-state index >= 15 is 0 Å². The summed E-state index contributed by atoms with van der Waals surface area (Å²) < 4.78 is 72.2. The molecule has 1 N–H and O–H groups in total. The zero-order valence-corrected chi connectivity index (χ0v) is 18.8. The molecular formula is C20H23F3N2O6S. The Labute approximate surface area is 182 Å². The number of aliphatic hydroxyl groups is 1. The first-order valence-corrected chi connectivity index (χ1v) is 10.7. The van der Waals surface area contributed by atoms with Crippen LogP contribution in [0.5, 0.6) is 5.75 Å². The normalized spacial score (nSPS) is 12.4. The molecule has 8 nitrogen and oxygen atoms in total. The predicted molar refractivity (Wildman–Crippen MR) is 111 cm³/mol. The lowest BCUT2D eigenvalue weighted by Crippen LogP contribution is -2.29. The third-order valence-electron chi connectivity index (χ3n) is 3.91. The number of carbonyl (C=O) groups excluding carboxylic acids is 1. The molecule has 3 aromatic rings. The van der Waals surface area contributed by atoms with E-state index in [-0.39, 0.29) is 11.1 Å². The quantitative estimate of drug-likeness (QED) is 0.349. The van der Waals surface area contributed by atoms with Crippen LogP contribution >= 0.6 is 0 Å². The number of benzene rings is 1. The first-order valence-electron chi connectivity index (χ1n) is 9.24. The molecule has 0 amide bonds. The fraction of sp³-hybridized carbons (Fsp3) is 0.400. The average Bonchev–Trinajstić information content (AvgIpc) is 2.99. The van der Waals surface area contributed by atoms with Gasteiger partial charge in [0.1, 0.15) is 5.52 Å². The van der Waals surface area contributed by atoms with Crippen molar-refractivity contribution in [1.82, 2.24) is 9.61 Å². The van der Waals surface area contributed by atoms with Crippen LogP contribution in [0, 0.1) is 6.92 Å². The van der Waals surface area contributed by atoms with E-state index in [1.807, 2.05) is 0 Å². The number of fused-ring (bicyclic) bond motifs is 3. The van der Waals surface area contributed by atoms with E-state index < -0.39 is 39.4 Å². The van der Waals surface area contributed by atoms with Crippen molar-refractivity contribution >= 4 is 32.5 Å². The van der Waals surface area contributed by atoms with Gasteiger partial charge in [-0.25, -0.2) is 4.52 Å². The van der Waals surface area contributed by atoms with Crippen molar-refractivity contribution in [2.24, 2.45) is 0 Å². The molecule has 0 bridgehead atoms. The number of methoxy groups -OCH3 is 1. The van der Waals surface area contributed by atoms with E-state index in [4.69, 9.17) is 5.11 Å². The van der Waals surface area contributed by atoms with E-state index in [1.165, 1.54) is 17.6 Å². The Morgan fingerprint density at radius 2 is 1.75 bits per heavy atom. The number of hydrogen-bond acceptors (Lipinski definition) is 7. The van der Waals surface area contributed by atoms with Crippen molar-refractivity contribution in [3.05, 3.63) is 41.6 Å². The van der Waals surface area contributed by atoms with Gasteiger partial charge in [-0.3, -0.25) is 4.79 Å². The topological polar surface area (TPSA) is 107 Å². The third-order valence-corrected chi connectivity index (χ3v) is 4.86. The van der Waals surface area contributed by atoms with Gasteiger partial charge in [0.05, 0.1) is 24.6 Å². The smallest absolute Gasteiger partial charge is 0.469 e. The Bertz CT molecular complexity index is 1240. The van der Waals surface area contributed by atoms with Gasteiger partial charge in [-0.05, 0) is 39.3 Å². The Hall–Kier alpha value is -2.86. The van der Waals surface area contributed by atoms with Gasteiger partial charge in [-0.1, -0.05) is 18.2 Å². The van der Waals surface area contributed by atoms with Crippen LogP contribution in [0.1, 0.15) is 31.9 Å². The van der Waals surface area contributed by atoms with Gasteiger partial charge in [0.15, 0.2) is 5.75 Å². The van der Waals surface area contributed by atoms with Crippen LogP contribution in [-0.4, -0.2) is 47.3 Å². The van der Waals surface area contributed by atoms with E-state index in [2.05, 4.69) is 14.0 Å². The summed E-state index contributed by atoms with van der Waals surface area (Å²) in [6.45, 7) is 6.73. The summed E-state index contributed by atoms with van der Waals surface area (Å²) >= 11 is 0. The second-order valence-electron chi connectivity index (χ2n) is 7.84. The molecule has 1 aromatic carbocycles. The molecule has 12 heteroatoms. The van der Waals surface area contributed by atoms with Gasteiger partial charge in [0.2, 0.25) is 0 Å². The minimum absolute atomic E-state index is 0.00271. The lowest BCUT2D eigenvalue weighted by molar-refractivity contribution is -0.139. The van der Waals surface area contributed by atoms with Crippen LogP contribution < -0.4 is 4.18 Å². The van der Waals surface area contributed by atoms with Crippen LogP contribution in [0.3, 0.4) is 0 Å². The Balaban J connectivity index is 0.000000654. The van der Waals surface area contributed by atoms with Crippen molar-refractivity contribution in [2.45, 2.75) is 45.2 Å². The molecule has 0 aliphatic rings.